The third-order valence-electron chi connectivity index (χ3n) is 5.66. The third kappa shape index (κ3) is 43.9. The Labute approximate surface area is 354 Å². The minimum absolute atomic E-state index is 1.75. The standard InChI is InChI=1S/10C5H5N/c10*1-2-4-6-5-3-1/h10*1-5H. The van der Waals surface area contributed by atoms with Crippen molar-refractivity contribution in [2.75, 3.05) is 0 Å². The molecule has 10 aromatic rings. The second kappa shape index (κ2) is 46.7. The molecule has 0 atom stereocenters. The SMILES string of the molecule is c1ccncc1.c1ccncc1.c1ccncc1.c1ccncc1.c1ccncc1.c1ccncc1.c1ccncc1.c1ccncc1.c1ccncc1.c1ccncc1. The maximum absolute atomic E-state index is 3.78. The largest absolute Gasteiger partial charge is 0.265 e. The molecule has 10 aromatic heterocycles. The zero-order valence-corrected chi connectivity index (χ0v) is 33.3. The van der Waals surface area contributed by atoms with Crippen molar-refractivity contribution in [3.05, 3.63) is 306 Å². The maximum Gasteiger partial charge on any atom is 0.0267 e. The van der Waals surface area contributed by atoms with Crippen LogP contribution in [-0.2, 0) is 0 Å². The Morgan fingerprint density at radius 2 is 0.150 bits per heavy atom. The smallest absolute Gasteiger partial charge is 0.0267 e. The van der Waals surface area contributed by atoms with Gasteiger partial charge in [0.1, 0.15) is 0 Å². The van der Waals surface area contributed by atoms with Crippen molar-refractivity contribution in [2.24, 2.45) is 0 Å². The van der Waals surface area contributed by atoms with Gasteiger partial charge in [-0.2, -0.15) is 0 Å². The molecule has 0 unspecified atom stereocenters. The molecule has 0 aromatic carbocycles. The van der Waals surface area contributed by atoms with Crippen LogP contribution in [0.2, 0.25) is 0 Å². The van der Waals surface area contributed by atoms with Crippen LogP contribution in [0.3, 0.4) is 0 Å². The highest BCUT2D eigenvalue weighted by molar-refractivity contribution is 4.93. The van der Waals surface area contributed by atoms with Crippen LogP contribution in [0.15, 0.2) is 306 Å². The average molecular weight is 791 g/mol. The summed E-state index contributed by atoms with van der Waals surface area (Å²) in [6.45, 7) is 0. The van der Waals surface area contributed by atoms with Crippen LogP contribution in [-0.4, -0.2) is 49.8 Å². The van der Waals surface area contributed by atoms with Crippen LogP contribution in [0.25, 0.3) is 0 Å². The molecule has 300 valence electrons. The first-order chi connectivity index (χ1) is 30.0. The Bertz CT molecular complexity index is 1280. The Hall–Kier alpha value is -8.50. The van der Waals surface area contributed by atoms with Gasteiger partial charge in [0, 0.05) is 124 Å². The molecule has 0 spiro atoms. The fourth-order valence-electron chi connectivity index (χ4n) is 3.13. The topological polar surface area (TPSA) is 129 Å². The molecule has 0 aliphatic rings. The number of rotatable bonds is 0. The second-order valence-corrected chi connectivity index (χ2v) is 10.2. The summed E-state index contributed by atoms with van der Waals surface area (Å²) in [4.78, 5) is 37.8. The van der Waals surface area contributed by atoms with Gasteiger partial charge in [-0.15, -0.1) is 0 Å². The molecule has 10 heteroatoms. The number of pyridine rings is 10. The summed E-state index contributed by atoms with van der Waals surface area (Å²) in [6.07, 6.45) is 35.0. The van der Waals surface area contributed by atoms with E-state index in [0.29, 0.717) is 0 Å². The molecule has 0 amide bonds. The summed E-state index contributed by atoms with van der Waals surface area (Å²) < 4.78 is 0. The van der Waals surface area contributed by atoms with Crippen LogP contribution in [0, 0.1) is 0 Å². The molecule has 0 aliphatic heterocycles. The lowest BCUT2D eigenvalue weighted by Crippen LogP contribution is -1.58. The molecule has 0 radical (unpaired) electrons. The van der Waals surface area contributed by atoms with Crippen LogP contribution >= 0.6 is 0 Å². The molecule has 10 nitrogen and oxygen atoms in total. The van der Waals surface area contributed by atoms with Gasteiger partial charge in [0.15, 0.2) is 0 Å². The second-order valence-electron chi connectivity index (χ2n) is 10.2. The molecule has 0 aliphatic carbocycles. The lowest BCUT2D eigenvalue weighted by atomic mass is 10.5. The van der Waals surface area contributed by atoms with E-state index in [0.717, 1.165) is 0 Å². The van der Waals surface area contributed by atoms with E-state index in [-0.39, 0.29) is 0 Å². The van der Waals surface area contributed by atoms with Crippen molar-refractivity contribution in [3.8, 4) is 0 Å². The lowest BCUT2D eigenvalue weighted by Gasteiger charge is -1.70. The monoisotopic (exact) mass is 790 g/mol. The zero-order chi connectivity index (χ0) is 42.4. The Balaban J connectivity index is 0.000000333. The highest BCUT2D eigenvalue weighted by Gasteiger charge is 1.63. The van der Waals surface area contributed by atoms with Gasteiger partial charge in [-0.25, -0.2) is 0 Å². The van der Waals surface area contributed by atoms with Crippen molar-refractivity contribution in [1.29, 1.82) is 0 Å². The molecule has 10 rings (SSSR count). The van der Waals surface area contributed by atoms with Crippen LogP contribution in [0.1, 0.15) is 0 Å². The number of hydrogen-bond donors (Lipinski definition) is 0. The van der Waals surface area contributed by atoms with E-state index in [1.54, 1.807) is 124 Å². The van der Waals surface area contributed by atoms with Gasteiger partial charge in [0.05, 0.1) is 0 Å². The summed E-state index contributed by atoms with van der Waals surface area (Å²) in [5.41, 5.74) is 0. The van der Waals surface area contributed by atoms with E-state index in [4.69, 9.17) is 0 Å². The first kappa shape index (κ1) is 49.5. The van der Waals surface area contributed by atoms with Crippen molar-refractivity contribution in [1.82, 2.24) is 49.8 Å². The molecule has 0 N–H and O–H groups in total. The highest BCUT2D eigenvalue weighted by Crippen LogP contribution is 1.79. The summed E-state index contributed by atoms with van der Waals surface area (Å²) in [6, 6.07) is 57.2. The van der Waals surface area contributed by atoms with Crippen LogP contribution in [0.4, 0.5) is 0 Å². The number of aromatic nitrogens is 10. The van der Waals surface area contributed by atoms with Crippen molar-refractivity contribution in [2.45, 2.75) is 0 Å². The van der Waals surface area contributed by atoms with Crippen molar-refractivity contribution in [3.63, 3.8) is 0 Å². The van der Waals surface area contributed by atoms with E-state index < -0.39 is 0 Å². The maximum atomic E-state index is 3.78. The summed E-state index contributed by atoms with van der Waals surface area (Å²) in [5, 5.41) is 0. The normalized spacial score (nSPS) is 8.00. The molecular weight excluding hydrogens is 741 g/mol. The first-order valence-electron chi connectivity index (χ1n) is 18.5. The van der Waals surface area contributed by atoms with Crippen LogP contribution in [0.5, 0.6) is 0 Å². The number of nitrogens with zero attached hydrogens (tertiary/aromatic N) is 10. The first-order valence-corrected chi connectivity index (χ1v) is 18.5. The van der Waals surface area contributed by atoms with Gasteiger partial charge in [0.25, 0.3) is 0 Å². The van der Waals surface area contributed by atoms with E-state index in [2.05, 4.69) is 49.8 Å². The summed E-state index contributed by atoms with van der Waals surface area (Å²) in [7, 11) is 0. The molecule has 60 heavy (non-hydrogen) atoms. The van der Waals surface area contributed by atoms with Gasteiger partial charge < -0.3 is 0 Å². The van der Waals surface area contributed by atoms with Gasteiger partial charge in [-0.3, -0.25) is 49.8 Å². The average Bonchev–Trinajstić information content (AvgIpc) is 3.41. The molecule has 0 saturated heterocycles. The zero-order valence-electron chi connectivity index (χ0n) is 33.3. The Morgan fingerprint density at radius 3 is 0.167 bits per heavy atom. The molecule has 0 saturated carbocycles. The fourth-order valence-corrected chi connectivity index (χ4v) is 3.13. The lowest BCUT2D eigenvalue weighted by molar-refractivity contribution is 1.33. The van der Waals surface area contributed by atoms with E-state index >= 15 is 0 Å². The molecular formula is C50H50N10. The van der Waals surface area contributed by atoms with Gasteiger partial charge in [0.2, 0.25) is 0 Å². The molecule has 10 heterocycles. The van der Waals surface area contributed by atoms with Gasteiger partial charge >= 0.3 is 0 Å². The van der Waals surface area contributed by atoms with E-state index in [1.165, 1.54) is 0 Å². The Morgan fingerprint density at radius 1 is 0.0833 bits per heavy atom. The van der Waals surface area contributed by atoms with Gasteiger partial charge in [-0.05, 0) is 121 Å². The Kier molecular flexibility index (Phi) is 38.5. The van der Waals surface area contributed by atoms with Gasteiger partial charge in [-0.1, -0.05) is 60.7 Å². The number of hydrogen-bond acceptors (Lipinski definition) is 10. The third-order valence-corrected chi connectivity index (χ3v) is 5.66. The predicted molar refractivity (Wildman–Crippen MR) is 242 cm³/mol. The fraction of sp³-hybridized carbons (Fsp3) is 0. The molecule has 0 fully saturated rings. The van der Waals surface area contributed by atoms with Crippen molar-refractivity contribution < 1.29 is 0 Å². The van der Waals surface area contributed by atoms with E-state index in [9.17, 15) is 0 Å². The molecule has 0 bridgehead atoms. The summed E-state index contributed by atoms with van der Waals surface area (Å²) in [5.74, 6) is 0. The van der Waals surface area contributed by atoms with Crippen LogP contribution < -0.4 is 0 Å². The highest BCUT2D eigenvalue weighted by atomic mass is 14.6. The quantitative estimate of drug-likeness (QED) is 0.146. The minimum Gasteiger partial charge on any atom is -0.265 e. The van der Waals surface area contributed by atoms with Crippen molar-refractivity contribution >= 4 is 0 Å². The minimum atomic E-state index is 1.75. The van der Waals surface area contributed by atoms with E-state index in [1.807, 2.05) is 182 Å². The predicted octanol–water partition coefficient (Wildman–Crippen LogP) is 10.8. The summed E-state index contributed by atoms with van der Waals surface area (Å²) >= 11 is 0.